The van der Waals surface area contributed by atoms with Crippen LogP contribution >= 0.6 is 0 Å². The van der Waals surface area contributed by atoms with E-state index >= 15 is 0 Å². The lowest BCUT2D eigenvalue weighted by molar-refractivity contribution is -0.131. The van der Waals surface area contributed by atoms with E-state index in [-0.39, 0.29) is 5.91 Å². The molecule has 2 fully saturated rings. The lowest BCUT2D eigenvalue weighted by atomic mass is 10.0. The van der Waals surface area contributed by atoms with Gasteiger partial charge in [-0.2, -0.15) is 0 Å². The largest absolute Gasteiger partial charge is 0.366 e. The minimum Gasteiger partial charge on any atom is -0.366 e. The van der Waals surface area contributed by atoms with Crippen molar-refractivity contribution in [1.82, 2.24) is 9.80 Å². The van der Waals surface area contributed by atoms with Gasteiger partial charge < -0.3 is 10.6 Å². The number of primary amides is 1. The third kappa shape index (κ3) is 5.10. The maximum atomic E-state index is 12.5. The number of nitrogens with two attached hydrogens (primary N) is 1. The Kier molecular flexibility index (Phi) is 6.68. The molecular weight excluding hydrogens is 350 g/mol. The molecule has 0 aliphatic carbocycles. The van der Waals surface area contributed by atoms with Crippen molar-refractivity contribution in [2.75, 3.05) is 26.2 Å². The van der Waals surface area contributed by atoms with Crippen LogP contribution in [0.15, 0.2) is 42.0 Å². The molecule has 1 aromatic rings. The smallest absolute Gasteiger partial charge is 0.248 e. The van der Waals surface area contributed by atoms with Crippen molar-refractivity contribution < 1.29 is 9.59 Å². The molecule has 0 radical (unpaired) electrons. The molecule has 2 aliphatic heterocycles. The quantitative estimate of drug-likeness (QED) is 0.823. The van der Waals surface area contributed by atoms with Crippen molar-refractivity contribution in [3.8, 4) is 0 Å². The standard InChI is InChI=1S/C23H31N3O2/c1-17(20-7-9-21(10-8-20)23(24)28)5-6-19-11-13-26(22(27)16-19)15-14-25-12-3-4-18(25)2/h5-10,18H,3-4,11-16H2,1-2H3,(H2,24,28)/b17-5+,19-6-/t18-/m1/s1. The van der Waals surface area contributed by atoms with E-state index in [0.717, 1.165) is 37.2 Å². The van der Waals surface area contributed by atoms with Gasteiger partial charge in [-0.3, -0.25) is 14.5 Å². The molecule has 0 aromatic heterocycles. The van der Waals surface area contributed by atoms with Crippen LogP contribution in [0.5, 0.6) is 0 Å². The Morgan fingerprint density at radius 3 is 2.50 bits per heavy atom. The first-order valence-corrected chi connectivity index (χ1v) is 10.2. The van der Waals surface area contributed by atoms with E-state index in [0.29, 0.717) is 18.0 Å². The van der Waals surface area contributed by atoms with Crippen LogP contribution in [0.25, 0.3) is 5.57 Å². The molecule has 1 aromatic carbocycles. The van der Waals surface area contributed by atoms with Gasteiger partial charge in [0, 0.05) is 37.7 Å². The van der Waals surface area contributed by atoms with E-state index in [1.165, 1.54) is 25.0 Å². The lowest BCUT2D eigenvalue weighted by Crippen LogP contribution is -2.42. The maximum Gasteiger partial charge on any atom is 0.248 e. The fourth-order valence-corrected chi connectivity index (χ4v) is 3.99. The van der Waals surface area contributed by atoms with Gasteiger partial charge in [0.15, 0.2) is 0 Å². The molecule has 5 heteroatoms. The number of likely N-dealkylation sites (tertiary alicyclic amines) is 2. The summed E-state index contributed by atoms with van der Waals surface area (Å²) in [4.78, 5) is 28.2. The molecule has 2 aliphatic rings. The highest BCUT2D eigenvalue weighted by atomic mass is 16.2. The second-order valence-electron chi connectivity index (χ2n) is 7.95. The summed E-state index contributed by atoms with van der Waals surface area (Å²) in [6, 6.07) is 7.94. The lowest BCUT2D eigenvalue weighted by Gasteiger charge is -2.31. The molecule has 2 amide bonds. The van der Waals surface area contributed by atoms with Crippen molar-refractivity contribution in [1.29, 1.82) is 0 Å². The zero-order valence-electron chi connectivity index (χ0n) is 17.0. The SMILES string of the molecule is C/C(=C\C=C1\CCN(CCN2CCC[C@H]2C)C(=O)C1)c1ccc(C(N)=O)cc1. The van der Waals surface area contributed by atoms with E-state index in [2.05, 4.69) is 24.0 Å². The van der Waals surface area contributed by atoms with E-state index in [4.69, 9.17) is 5.73 Å². The number of piperidine rings is 1. The predicted octanol–water partition coefficient (Wildman–Crippen LogP) is 3.22. The zero-order chi connectivity index (χ0) is 20.1. The van der Waals surface area contributed by atoms with Crippen molar-refractivity contribution in [2.24, 2.45) is 5.73 Å². The minimum atomic E-state index is -0.417. The van der Waals surface area contributed by atoms with Crippen molar-refractivity contribution in [3.05, 3.63) is 53.1 Å². The molecule has 0 bridgehead atoms. The monoisotopic (exact) mass is 381 g/mol. The second-order valence-corrected chi connectivity index (χ2v) is 7.95. The number of hydrogen-bond donors (Lipinski definition) is 1. The van der Waals surface area contributed by atoms with Gasteiger partial charge in [-0.1, -0.05) is 29.9 Å². The van der Waals surface area contributed by atoms with Crippen molar-refractivity contribution in [2.45, 2.75) is 45.6 Å². The molecule has 0 spiro atoms. The second kappa shape index (κ2) is 9.20. The van der Waals surface area contributed by atoms with E-state index in [1.807, 2.05) is 24.0 Å². The van der Waals surface area contributed by atoms with Gasteiger partial charge in [-0.05, 0) is 62.9 Å². The maximum absolute atomic E-state index is 12.5. The average molecular weight is 382 g/mol. The Hall–Kier alpha value is -2.40. The van der Waals surface area contributed by atoms with Crippen molar-refractivity contribution >= 4 is 17.4 Å². The fraction of sp³-hybridized carbons (Fsp3) is 0.478. The topological polar surface area (TPSA) is 66.6 Å². The Morgan fingerprint density at radius 2 is 1.89 bits per heavy atom. The summed E-state index contributed by atoms with van der Waals surface area (Å²) in [5.74, 6) is -0.180. The molecular formula is C23H31N3O2. The zero-order valence-corrected chi connectivity index (χ0v) is 17.0. The van der Waals surface area contributed by atoms with E-state index < -0.39 is 5.91 Å². The van der Waals surface area contributed by atoms with Crippen LogP contribution in [0.2, 0.25) is 0 Å². The summed E-state index contributed by atoms with van der Waals surface area (Å²) >= 11 is 0. The molecule has 150 valence electrons. The third-order valence-corrected chi connectivity index (χ3v) is 5.98. The highest BCUT2D eigenvalue weighted by Gasteiger charge is 2.24. The van der Waals surface area contributed by atoms with Gasteiger partial charge in [0.25, 0.3) is 0 Å². The summed E-state index contributed by atoms with van der Waals surface area (Å²) in [7, 11) is 0. The normalized spacial score (nSPS) is 22.9. The van der Waals surface area contributed by atoms with Crippen LogP contribution in [-0.2, 0) is 4.79 Å². The molecule has 28 heavy (non-hydrogen) atoms. The number of rotatable bonds is 6. The number of amides is 2. The first-order valence-electron chi connectivity index (χ1n) is 10.2. The predicted molar refractivity (Wildman–Crippen MR) is 113 cm³/mol. The summed E-state index contributed by atoms with van der Waals surface area (Å²) < 4.78 is 0. The first-order chi connectivity index (χ1) is 13.4. The van der Waals surface area contributed by atoms with Crippen LogP contribution < -0.4 is 5.73 Å². The number of carbonyl (C=O) groups excluding carboxylic acids is 2. The Morgan fingerprint density at radius 1 is 1.18 bits per heavy atom. The van der Waals surface area contributed by atoms with Gasteiger partial charge >= 0.3 is 0 Å². The minimum absolute atomic E-state index is 0.237. The first kappa shape index (κ1) is 20.3. The Labute approximate surface area is 167 Å². The number of allylic oxidation sites excluding steroid dienone is 3. The molecule has 5 nitrogen and oxygen atoms in total. The molecule has 2 N–H and O–H groups in total. The molecule has 1 atom stereocenters. The number of benzene rings is 1. The highest BCUT2D eigenvalue weighted by Crippen LogP contribution is 2.21. The Balaban J connectivity index is 1.53. The summed E-state index contributed by atoms with van der Waals surface area (Å²) in [6.45, 7) is 8.13. The molecule has 2 heterocycles. The molecule has 3 rings (SSSR count). The Bertz CT molecular complexity index is 780. The summed E-state index contributed by atoms with van der Waals surface area (Å²) in [6.07, 6.45) is 8.14. The average Bonchev–Trinajstić information content (AvgIpc) is 3.10. The van der Waals surface area contributed by atoms with Crippen LogP contribution in [0.3, 0.4) is 0 Å². The fourth-order valence-electron chi connectivity index (χ4n) is 3.99. The van der Waals surface area contributed by atoms with Gasteiger partial charge in [0.2, 0.25) is 11.8 Å². The van der Waals surface area contributed by atoms with E-state index in [9.17, 15) is 9.59 Å². The number of hydrogen-bond acceptors (Lipinski definition) is 3. The molecule has 0 unspecified atom stereocenters. The van der Waals surface area contributed by atoms with Crippen LogP contribution in [0.4, 0.5) is 0 Å². The van der Waals surface area contributed by atoms with Gasteiger partial charge in [0.1, 0.15) is 0 Å². The van der Waals surface area contributed by atoms with Gasteiger partial charge in [0.05, 0.1) is 0 Å². The molecule has 2 saturated heterocycles. The van der Waals surface area contributed by atoms with E-state index in [1.54, 1.807) is 12.1 Å². The summed E-state index contributed by atoms with van der Waals surface area (Å²) in [5, 5.41) is 0. The molecule has 0 saturated carbocycles. The summed E-state index contributed by atoms with van der Waals surface area (Å²) in [5.41, 5.74) is 9.12. The number of nitrogens with zero attached hydrogens (tertiary/aromatic N) is 2. The van der Waals surface area contributed by atoms with Crippen LogP contribution in [0.1, 0.15) is 55.5 Å². The third-order valence-electron chi connectivity index (χ3n) is 5.98. The van der Waals surface area contributed by atoms with Crippen LogP contribution in [-0.4, -0.2) is 53.8 Å². The van der Waals surface area contributed by atoms with Crippen molar-refractivity contribution in [3.63, 3.8) is 0 Å². The highest BCUT2D eigenvalue weighted by molar-refractivity contribution is 5.93. The van der Waals surface area contributed by atoms with Crippen LogP contribution in [0, 0.1) is 0 Å². The number of carbonyl (C=O) groups is 2. The van der Waals surface area contributed by atoms with Gasteiger partial charge in [-0.15, -0.1) is 0 Å². The van der Waals surface area contributed by atoms with Gasteiger partial charge in [-0.25, -0.2) is 0 Å².